The number of carbonyl (C=O) groups excluding carboxylic acids is 1. The van der Waals surface area contributed by atoms with Crippen molar-refractivity contribution in [2.45, 2.75) is 36.6 Å². The van der Waals surface area contributed by atoms with Gasteiger partial charge in [0.2, 0.25) is 15.9 Å². The number of rotatable bonds is 7. The molecule has 168 valence electrons. The number of sulfonamides is 1. The summed E-state index contributed by atoms with van der Waals surface area (Å²) in [6.45, 7) is 1.10. The molecule has 3 rings (SSSR count). The summed E-state index contributed by atoms with van der Waals surface area (Å²) in [7, 11) is 1.06. The van der Waals surface area contributed by atoms with Gasteiger partial charge < -0.3 is 10.1 Å². The number of amides is 1. The molecule has 2 aromatic carbocycles. The predicted molar refractivity (Wildman–Crippen MR) is 122 cm³/mol. The fourth-order valence-corrected chi connectivity index (χ4v) is 4.84. The molecule has 1 fully saturated rings. The maximum atomic E-state index is 12.8. The van der Waals surface area contributed by atoms with Crippen LogP contribution in [0.2, 0.25) is 0 Å². The van der Waals surface area contributed by atoms with Crippen molar-refractivity contribution in [2.75, 3.05) is 39.6 Å². The number of methoxy groups -OCH3 is 1. The third kappa shape index (κ3) is 5.84. The second kappa shape index (κ2) is 10.3. The van der Waals surface area contributed by atoms with Gasteiger partial charge in [0.25, 0.3) is 0 Å². The smallest absolute Gasteiger partial charge is 0.242 e. The number of benzene rings is 2. The van der Waals surface area contributed by atoms with E-state index >= 15 is 0 Å². The van der Waals surface area contributed by atoms with Crippen LogP contribution < -0.4 is 10.1 Å². The first-order valence-corrected chi connectivity index (χ1v) is 12.0. The van der Waals surface area contributed by atoms with Gasteiger partial charge in [-0.15, -0.1) is 0 Å². The highest BCUT2D eigenvalue weighted by Crippen LogP contribution is 2.31. The largest absolute Gasteiger partial charge is 0.497 e. The van der Waals surface area contributed by atoms with Crippen molar-refractivity contribution in [3.63, 3.8) is 0 Å². The SMILES string of the molecule is COc1ccc(C2CCCCCN2CC(=O)Nc2cccc(S(=O)(=O)N(C)C)c2)cc1. The van der Waals surface area contributed by atoms with Gasteiger partial charge in [0.1, 0.15) is 5.75 Å². The Bertz CT molecular complexity index is 990. The Morgan fingerprint density at radius 1 is 1.13 bits per heavy atom. The summed E-state index contributed by atoms with van der Waals surface area (Å²) in [6.07, 6.45) is 4.32. The van der Waals surface area contributed by atoms with Gasteiger partial charge in [-0.25, -0.2) is 12.7 Å². The van der Waals surface area contributed by atoms with E-state index in [2.05, 4.69) is 22.3 Å². The molecule has 0 aromatic heterocycles. The van der Waals surface area contributed by atoms with Crippen molar-refractivity contribution in [3.8, 4) is 5.75 Å². The van der Waals surface area contributed by atoms with Crippen LogP contribution in [0.5, 0.6) is 5.75 Å². The molecule has 2 aromatic rings. The molecular weight excluding hydrogens is 414 g/mol. The highest BCUT2D eigenvalue weighted by atomic mass is 32.2. The topological polar surface area (TPSA) is 79.0 Å². The average molecular weight is 446 g/mol. The molecule has 31 heavy (non-hydrogen) atoms. The lowest BCUT2D eigenvalue weighted by atomic mass is 10.0. The van der Waals surface area contributed by atoms with E-state index in [4.69, 9.17) is 4.74 Å². The lowest BCUT2D eigenvalue weighted by Gasteiger charge is -2.30. The summed E-state index contributed by atoms with van der Waals surface area (Å²) >= 11 is 0. The summed E-state index contributed by atoms with van der Waals surface area (Å²) in [5.41, 5.74) is 1.65. The summed E-state index contributed by atoms with van der Waals surface area (Å²) < 4.78 is 31.2. The summed E-state index contributed by atoms with van der Waals surface area (Å²) in [6, 6.07) is 14.6. The quantitative estimate of drug-likeness (QED) is 0.706. The van der Waals surface area contributed by atoms with E-state index in [9.17, 15) is 13.2 Å². The molecule has 1 saturated heterocycles. The number of ether oxygens (including phenoxy) is 1. The Morgan fingerprint density at radius 3 is 2.55 bits per heavy atom. The van der Waals surface area contributed by atoms with Gasteiger partial charge in [0.15, 0.2) is 0 Å². The Hall–Kier alpha value is -2.42. The van der Waals surface area contributed by atoms with Crippen molar-refractivity contribution in [1.82, 2.24) is 9.21 Å². The molecule has 0 bridgehead atoms. The van der Waals surface area contributed by atoms with E-state index in [0.717, 1.165) is 42.3 Å². The maximum absolute atomic E-state index is 12.8. The van der Waals surface area contributed by atoms with E-state index in [0.29, 0.717) is 5.69 Å². The fourth-order valence-electron chi connectivity index (χ4n) is 3.89. The fraction of sp³-hybridized carbons (Fsp3) is 0.435. The van der Waals surface area contributed by atoms with Crippen LogP contribution in [-0.4, -0.2) is 57.8 Å². The van der Waals surface area contributed by atoms with Crippen molar-refractivity contribution in [1.29, 1.82) is 0 Å². The average Bonchev–Trinajstić information content (AvgIpc) is 2.99. The van der Waals surface area contributed by atoms with E-state index in [1.807, 2.05) is 12.1 Å². The first kappa shape index (κ1) is 23.2. The van der Waals surface area contributed by atoms with Gasteiger partial charge >= 0.3 is 0 Å². The molecule has 8 heteroatoms. The maximum Gasteiger partial charge on any atom is 0.242 e. The summed E-state index contributed by atoms with van der Waals surface area (Å²) in [5, 5.41) is 2.87. The van der Waals surface area contributed by atoms with Crippen LogP contribution in [0.15, 0.2) is 53.4 Å². The van der Waals surface area contributed by atoms with Crippen LogP contribution in [-0.2, 0) is 14.8 Å². The Labute approximate surface area is 185 Å². The van der Waals surface area contributed by atoms with Gasteiger partial charge in [-0.2, -0.15) is 0 Å². The molecule has 1 aliphatic rings. The minimum Gasteiger partial charge on any atom is -0.497 e. The molecule has 1 atom stereocenters. The van der Waals surface area contributed by atoms with Gasteiger partial charge in [0.05, 0.1) is 18.6 Å². The van der Waals surface area contributed by atoms with E-state index in [1.165, 1.54) is 31.8 Å². The number of carbonyl (C=O) groups is 1. The zero-order chi connectivity index (χ0) is 22.4. The summed E-state index contributed by atoms with van der Waals surface area (Å²) in [5.74, 6) is 0.661. The van der Waals surface area contributed by atoms with Gasteiger partial charge in [-0.05, 0) is 55.3 Å². The minimum absolute atomic E-state index is 0.153. The highest BCUT2D eigenvalue weighted by Gasteiger charge is 2.25. The first-order valence-electron chi connectivity index (χ1n) is 10.5. The third-order valence-electron chi connectivity index (χ3n) is 5.61. The highest BCUT2D eigenvalue weighted by molar-refractivity contribution is 7.89. The van der Waals surface area contributed by atoms with E-state index in [1.54, 1.807) is 19.2 Å². The zero-order valence-electron chi connectivity index (χ0n) is 18.4. The minimum atomic E-state index is -3.56. The number of hydrogen-bond donors (Lipinski definition) is 1. The van der Waals surface area contributed by atoms with Crippen LogP contribution in [0.3, 0.4) is 0 Å². The predicted octanol–water partition coefficient (Wildman–Crippen LogP) is 3.50. The molecule has 7 nitrogen and oxygen atoms in total. The normalized spacial score (nSPS) is 17.9. The second-order valence-corrected chi connectivity index (χ2v) is 10.1. The molecule has 1 aliphatic heterocycles. The van der Waals surface area contributed by atoms with Gasteiger partial charge in [-0.1, -0.05) is 31.0 Å². The molecular formula is C23H31N3O4S. The lowest BCUT2D eigenvalue weighted by Crippen LogP contribution is -2.36. The van der Waals surface area contributed by atoms with Crippen molar-refractivity contribution in [2.24, 2.45) is 0 Å². The zero-order valence-corrected chi connectivity index (χ0v) is 19.2. The van der Waals surface area contributed by atoms with E-state index < -0.39 is 10.0 Å². The molecule has 0 saturated carbocycles. The number of anilines is 1. The number of hydrogen-bond acceptors (Lipinski definition) is 5. The van der Waals surface area contributed by atoms with Crippen molar-refractivity contribution >= 4 is 21.6 Å². The monoisotopic (exact) mass is 445 g/mol. The van der Waals surface area contributed by atoms with Gasteiger partial charge in [-0.3, -0.25) is 9.69 Å². The Balaban J connectivity index is 1.73. The molecule has 0 spiro atoms. The number of nitrogens with one attached hydrogen (secondary N) is 1. The molecule has 1 N–H and O–H groups in total. The van der Waals surface area contributed by atoms with Crippen LogP contribution in [0.1, 0.15) is 37.3 Å². The van der Waals surface area contributed by atoms with Gasteiger partial charge in [0, 0.05) is 25.8 Å². The summed E-state index contributed by atoms with van der Waals surface area (Å²) in [4.78, 5) is 15.2. The van der Waals surface area contributed by atoms with Crippen LogP contribution in [0, 0.1) is 0 Å². The standard InChI is InChI=1S/C23H31N3O4S/c1-25(2)31(28,29)21-9-7-8-19(16-21)24-23(27)17-26-15-6-4-5-10-22(26)18-11-13-20(30-3)14-12-18/h7-9,11-14,16,22H,4-6,10,15,17H2,1-3H3,(H,24,27). The molecule has 1 amide bonds. The van der Waals surface area contributed by atoms with E-state index in [-0.39, 0.29) is 23.4 Å². The number of nitrogens with zero attached hydrogens (tertiary/aromatic N) is 2. The van der Waals surface area contributed by atoms with Crippen molar-refractivity contribution < 1.29 is 17.9 Å². The van der Waals surface area contributed by atoms with Crippen molar-refractivity contribution in [3.05, 3.63) is 54.1 Å². The lowest BCUT2D eigenvalue weighted by molar-refractivity contribution is -0.117. The Kier molecular flexibility index (Phi) is 7.69. The third-order valence-corrected chi connectivity index (χ3v) is 7.42. The first-order chi connectivity index (χ1) is 14.8. The molecule has 0 radical (unpaired) electrons. The Morgan fingerprint density at radius 2 is 1.87 bits per heavy atom. The van der Waals surface area contributed by atoms with Crippen LogP contribution in [0.25, 0.3) is 0 Å². The molecule has 0 aliphatic carbocycles. The second-order valence-electron chi connectivity index (χ2n) is 7.97. The molecule has 1 heterocycles. The molecule has 1 unspecified atom stereocenters. The number of likely N-dealkylation sites (tertiary alicyclic amines) is 1. The van der Waals surface area contributed by atoms with Crippen LogP contribution >= 0.6 is 0 Å². The van der Waals surface area contributed by atoms with Crippen LogP contribution in [0.4, 0.5) is 5.69 Å².